The minimum absolute atomic E-state index is 0. The van der Waals surface area contributed by atoms with Gasteiger partial charge in [0.05, 0.1) is 0 Å². The molecule has 0 bridgehead atoms. The molecule has 0 amide bonds. The summed E-state index contributed by atoms with van der Waals surface area (Å²) in [5, 5.41) is 6.90. The van der Waals surface area contributed by atoms with Gasteiger partial charge in [-0.15, -0.1) is 24.0 Å². The van der Waals surface area contributed by atoms with E-state index in [4.69, 9.17) is 0 Å². The van der Waals surface area contributed by atoms with Crippen LogP contribution in [-0.2, 0) is 6.54 Å². The van der Waals surface area contributed by atoms with Gasteiger partial charge in [0.15, 0.2) is 5.96 Å². The van der Waals surface area contributed by atoms with Crippen LogP contribution in [0.5, 0.6) is 0 Å². The third-order valence-electron chi connectivity index (χ3n) is 4.45. The molecule has 24 heavy (non-hydrogen) atoms. The van der Waals surface area contributed by atoms with Crippen LogP contribution in [0.2, 0.25) is 0 Å². The van der Waals surface area contributed by atoms with Crippen molar-refractivity contribution < 1.29 is 0 Å². The van der Waals surface area contributed by atoms with Gasteiger partial charge in [-0.2, -0.15) is 0 Å². The van der Waals surface area contributed by atoms with Crippen molar-refractivity contribution in [2.75, 3.05) is 20.6 Å². The largest absolute Gasteiger partial charge is 0.356 e. The lowest BCUT2D eigenvalue weighted by Gasteiger charge is -2.25. The van der Waals surface area contributed by atoms with Crippen LogP contribution in [-0.4, -0.2) is 43.6 Å². The average molecular weight is 442 g/mol. The highest BCUT2D eigenvalue weighted by molar-refractivity contribution is 14.0. The molecule has 134 valence electrons. The van der Waals surface area contributed by atoms with Crippen molar-refractivity contribution in [1.29, 1.82) is 0 Å². The van der Waals surface area contributed by atoms with Gasteiger partial charge in [-0.1, -0.05) is 42.5 Å². The quantitative estimate of drug-likeness (QED) is 0.294. The fraction of sp³-hybridized carbons (Fsp3) is 0.526. The lowest BCUT2D eigenvalue weighted by atomic mass is 10.1. The molecule has 1 aromatic rings. The SMILES string of the molecule is CN=C(NCCC(C)N(C)Cc1ccccc1)NC1CC=CC1.I. The summed E-state index contributed by atoms with van der Waals surface area (Å²) >= 11 is 0. The molecule has 1 aliphatic rings. The molecule has 2 rings (SSSR count). The monoisotopic (exact) mass is 442 g/mol. The number of hydrogen-bond acceptors (Lipinski definition) is 2. The Kier molecular flexibility index (Phi) is 10.0. The second-order valence-electron chi connectivity index (χ2n) is 6.32. The first-order valence-electron chi connectivity index (χ1n) is 8.55. The van der Waals surface area contributed by atoms with E-state index in [9.17, 15) is 0 Å². The third kappa shape index (κ3) is 7.21. The average Bonchev–Trinajstić information content (AvgIpc) is 3.07. The van der Waals surface area contributed by atoms with Crippen LogP contribution in [0.1, 0.15) is 31.7 Å². The van der Waals surface area contributed by atoms with E-state index in [1.807, 2.05) is 7.05 Å². The zero-order chi connectivity index (χ0) is 16.5. The number of benzene rings is 1. The van der Waals surface area contributed by atoms with Crippen LogP contribution in [0, 0.1) is 0 Å². The van der Waals surface area contributed by atoms with Gasteiger partial charge in [-0.25, -0.2) is 0 Å². The number of halogens is 1. The van der Waals surface area contributed by atoms with Gasteiger partial charge < -0.3 is 10.6 Å². The molecule has 4 nitrogen and oxygen atoms in total. The normalized spacial score (nSPS) is 16.1. The summed E-state index contributed by atoms with van der Waals surface area (Å²) in [6, 6.07) is 11.7. The highest BCUT2D eigenvalue weighted by Gasteiger charge is 2.13. The Morgan fingerprint density at radius 3 is 2.54 bits per heavy atom. The van der Waals surface area contributed by atoms with E-state index in [0.29, 0.717) is 12.1 Å². The van der Waals surface area contributed by atoms with Crippen LogP contribution in [0.15, 0.2) is 47.5 Å². The highest BCUT2D eigenvalue weighted by Crippen LogP contribution is 2.09. The standard InChI is InChI=1S/C19H30N4.HI/c1-16(23(3)15-17-9-5-4-6-10-17)13-14-21-19(20-2)22-18-11-7-8-12-18;/h4-10,16,18H,11-15H2,1-3H3,(H2,20,21,22);1H. The predicted molar refractivity (Wildman–Crippen MR) is 114 cm³/mol. The second-order valence-corrected chi connectivity index (χ2v) is 6.32. The molecular weight excluding hydrogens is 411 g/mol. The summed E-state index contributed by atoms with van der Waals surface area (Å²) in [5.74, 6) is 0.914. The summed E-state index contributed by atoms with van der Waals surface area (Å²) < 4.78 is 0. The maximum atomic E-state index is 4.31. The van der Waals surface area contributed by atoms with Gasteiger partial charge in [0, 0.05) is 32.2 Å². The molecule has 1 atom stereocenters. The van der Waals surface area contributed by atoms with Gasteiger partial charge in [-0.3, -0.25) is 9.89 Å². The van der Waals surface area contributed by atoms with E-state index in [0.717, 1.165) is 38.3 Å². The molecule has 0 saturated carbocycles. The van der Waals surface area contributed by atoms with Crippen molar-refractivity contribution in [2.45, 2.75) is 44.8 Å². The van der Waals surface area contributed by atoms with Crippen molar-refractivity contribution in [3.8, 4) is 0 Å². The molecule has 0 radical (unpaired) electrons. The maximum Gasteiger partial charge on any atom is 0.191 e. The van der Waals surface area contributed by atoms with E-state index in [1.54, 1.807) is 0 Å². The zero-order valence-electron chi connectivity index (χ0n) is 15.0. The minimum Gasteiger partial charge on any atom is -0.356 e. The molecule has 0 fully saturated rings. The van der Waals surface area contributed by atoms with Crippen molar-refractivity contribution in [3.05, 3.63) is 48.0 Å². The summed E-state index contributed by atoms with van der Waals surface area (Å²) in [7, 11) is 4.03. The van der Waals surface area contributed by atoms with Crippen molar-refractivity contribution >= 4 is 29.9 Å². The topological polar surface area (TPSA) is 39.7 Å². The van der Waals surface area contributed by atoms with E-state index < -0.39 is 0 Å². The minimum atomic E-state index is 0. The Labute approximate surface area is 163 Å². The van der Waals surface area contributed by atoms with Crippen molar-refractivity contribution in [1.82, 2.24) is 15.5 Å². The molecule has 0 aliphatic heterocycles. The number of aliphatic imine (C=N–C) groups is 1. The van der Waals surface area contributed by atoms with Crippen LogP contribution < -0.4 is 10.6 Å². The maximum absolute atomic E-state index is 4.31. The molecule has 0 aromatic heterocycles. The fourth-order valence-electron chi connectivity index (χ4n) is 2.77. The molecule has 1 aromatic carbocycles. The summed E-state index contributed by atoms with van der Waals surface area (Å²) in [6.07, 6.45) is 7.73. The first-order chi connectivity index (χ1) is 11.2. The second kappa shape index (κ2) is 11.5. The molecule has 0 saturated heterocycles. The molecule has 1 aliphatic carbocycles. The number of nitrogens with one attached hydrogen (secondary N) is 2. The Balaban J connectivity index is 0.00000288. The molecule has 2 N–H and O–H groups in total. The summed E-state index contributed by atoms with van der Waals surface area (Å²) in [6.45, 7) is 4.20. The molecular formula is C19H31IN4. The number of hydrogen-bond donors (Lipinski definition) is 2. The van der Waals surface area contributed by atoms with Crippen LogP contribution in [0.3, 0.4) is 0 Å². The van der Waals surface area contributed by atoms with E-state index >= 15 is 0 Å². The van der Waals surface area contributed by atoms with Crippen molar-refractivity contribution in [3.63, 3.8) is 0 Å². The van der Waals surface area contributed by atoms with Gasteiger partial charge >= 0.3 is 0 Å². The van der Waals surface area contributed by atoms with E-state index in [1.165, 1.54) is 5.56 Å². The Morgan fingerprint density at radius 2 is 1.92 bits per heavy atom. The Bertz CT molecular complexity index is 507. The third-order valence-corrected chi connectivity index (χ3v) is 4.45. The fourth-order valence-corrected chi connectivity index (χ4v) is 2.77. The Morgan fingerprint density at radius 1 is 1.25 bits per heavy atom. The smallest absolute Gasteiger partial charge is 0.191 e. The van der Waals surface area contributed by atoms with E-state index in [-0.39, 0.29) is 24.0 Å². The van der Waals surface area contributed by atoms with Crippen LogP contribution in [0.4, 0.5) is 0 Å². The first-order valence-corrected chi connectivity index (χ1v) is 8.55. The number of rotatable bonds is 7. The highest BCUT2D eigenvalue weighted by atomic mass is 127. The Hall–Kier alpha value is -1.08. The lowest BCUT2D eigenvalue weighted by molar-refractivity contribution is 0.238. The van der Waals surface area contributed by atoms with Crippen LogP contribution >= 0.6 is 24.0 Å². The van der Waals surface area contributed by atoms with Crippen molar-refractivity contribution in [2.24, 2.45) is 4.99 Å². The number of nitrogens with zero attached hydrogens (tertiary/aromatic N) is 2. The van der Waals surface area contributed by atoms with Gasteiger partial charge in [0.1, 0.15) is 0 Å². The number of guanidine groups is 1. The molecule has 1 unspecified atom stereocenters. The first kappa shape index (κ1) is 21.0. The van der Waals surface area contributed by atoms with Gasteiger partial charge in [0.25, 0.3) is 0 Å². The van der Waals surface area contributed by atoms with Gasteiger partial charge in [-0.05, 0) is 38.8 Å². The molecule has 0 spiro atoms. The molecule has 5 heteroatoms. The predicted octanol–water partition coefficient (Wildman–Crippen LogP) is 3.40. The zero-order valence-corrected chi connectivity index (χ0v) is 17.4. The van der Waals surface area contributed by atoms with Gasteiger partial charge in [0.2, 0.25) is 0 Å². The molecule has 0 heterocycles. The van der Waals surface area contributed by atoms with Crippen LogP contribution in [0.25, 0.3) is 0 Å². The summed E-state index contributed by atoms with van der Waals surface area (Å²) in [5.41, 5.74) is 1.36. The van der Waals surface area contributed by atoms with E-state index in [2.05, 4.69) is 77.0 Å². The lowest BCUT2D eigenvalue weighted by Crippen LogP contribution is -2.43. The summed E-state index contributed by atoms with van der Waals surface area (Å²) in [4.78, 5) is 6.71.